The number of benzene rings is 2. The highest BCUT2D eigenvalue weighted by Crippen LogP contribution is 2.37. The number of carbonyl (C=O) groups is 2. The molecule has 7 heteroatoms. The topological polar surface area (TPSA) is 92.0 Å². The lowest BCUT2D eigenvalue weighted by Gasteiger charge is -2.35. The third kappa shape index (κ3) is 4.10. The summed E-state index contributed by atoms with van der Waals surface area (Å²) >= 11 is 0. The van der Waals surface area contributed by atoms with Gasteiger partial charge in [-0.1, -0.05) is 6.07 Å². The number of rotatable bonds is 5. The maximum absolute atomic E-state index is 12.4. The quantitative estimate of drug-likeness (QED) is 0.596. The molecule has 2 aromatic carbocycles. The molecule has 1 aromatic heterocycles. The van der Waals surface area contributed by atoms with Crippen molar-refractivity contribution in [2.24, 2.45) is 0 Å². The second kappa shape index (κ2) is 8.22. The number of hydrogen-bond donors (Lipinski definition) is 2. The van der Waals surface area contributed by atoms with Gasteiger partial charge in [-0.25, -0.2) is 0 Å². The molecule has 3 heterocycles. The van der Waals surface area contributed by atoms with Crippen molar-refractivity contribution < 1.29 is 23.8 Å². The Morgan fingerprint density at radius 1 is 1.22 bits per heavy atom. The van der Waals surface area contributed by atoms with Gasteiger partial charge in [0.05, 0.1) is 17.8 Å². The Morgan fingerprint density at radius 3 is 2.81 bits per heavy atom. The number of likely N-dealkylation sites (tertiary alicyclic amines) is 1. The van der Waals surface area contributed by atoms with Crippen LogP contribution in [0.4, 0.5) is 0 Å². The van der Waals surface area contributed by atoms with Crippen LogP contribution in [0.1, 0.15) is 44.1 Å². The predicted molar refractivity (Wildman–Crippen MR) is 121 cm³/mol. The number of imide groups is 1. The summed E-state index contributed by atoms with van der Waals surface area (Å²) in [6.07, 6.45) is 4.05. The Bertz CT molecular complexity index is 1170. The van der Waals surface area contributed by atoms with Gasteiger partial charge in [-0.05, 0) is 61.2 Å². The van der Waals surface area contributed by atoms with Crippen LogP contribution in [0.3, 0.4) is 0 Å². The summed E-state index contributed by atoms with van der Waals surface area (Å²) in [6, 6.07) is 9.88. The molecule has 0 saturated carbocycles. The first-order chi connectivity index (χ1) is 15.4. The van der Waals surface area contributed by atoms with Gasteiger partial charge in [-0.2, -0.15) is 0 Å². The Labute approximate surface area is 186 Å². The van der Waals surface area contributed by atoms with E-state index in [4.69, 9.17) is 9.15 Å². The van der Waals surface area contributed by atoms with Crippen molar-refractivity contribution in [1.82, 2.24) is 10.2 Å². The number of aliphatic hydroxyl groups is 1. The van der Waals surface area contributed by atoms with Crippen molar-refractivity contribution in [2.45, 2.75) is 44.1 Å². The van der Waals surface area contributed by atoms with E-state index in [2.05, 4.69) is 10.2 Å². The highest BCUT2D eigenvalue weighted by molar-refractivity contribution is 6.10. The maximum Gasteiger partial charge on any atom is 0.234 e. The zero-order chi connectivity index (χ0) is 22.3. The minimum atomic E-state index is -0.541. The van der Waals surface area contributed by atoms with Gasteiger partial charge in [0.25, 0.3) is 0 Å². The van der Waals surface area contributed by atoms with Gasteiger partial charge in [-0.15, -0.1) is 0 Å². The lowest BCUT2D eigenvalue weighted by molar-refractivity contribution is -0.134. The number of fused-ring (bicyclic) bond motifs is 3. The number of ether oxygens (including phenoxy) is 1. The van der Waals surface area contributed by atoms with Gasteiger partial charge in [0, 0.05) is 37.0 Å². The van der Waals surface area contributed by atoms with Crippen LogP contribution in [-0.2, 0) is 9.59 Å². The summed E-state index contributed by atoms with van der Waals surface area (Å²) in [5.74, 6) is -0.0755. The van der Waals surface area contributed by atoms with Crippen molar-refractivity contribution in [2.75, 3.05) is 26.2 Å². The maximum atomic E-state index is 12.4. The molecule has 3 aromatic rings. The molecule has 2 fully saturated rings. The van der Waals surface area contributed by atoms with Gasteiger partial charge in [0.2, 0.25) is 11.8 Å². The second-order valence-corrected chi connectivity index (χ2v) is 9.20. The summed E-state index contributed by atoms with van der Waals surface area (Å²) in [6.45, 7) is 5.08. The van der Waals surface area contributed by atoms with Gasteiger partial charge in [0.15, 0.2) is 0 Å². The Kier molecular flexibility index (Phi) is 5.39. The molecule has 2 aliphatic rings. The molecule has 0 bridgehead atoms. The third-order valence-electron chi connectivity index (χ3n) is 6.78. The fourth-order valence-electron chi connectivity index (χ4n) is 4.76. The molecule has 5 rings (SSSR count). The average molecular weight is 437 g/mol. The molecule has 0 aliphatic carbocycles. The lowest BCUT2D eigenvalue weighted by atomic mass is 9.89. The fraction of sp³-hybridized carbons (Fsp3) is 0.440. The standard InChI is InChI=1S/C25H28N2O5/c1-25(30)8-10-27(11-9-25)12-13-31-17-3-4-18-16(14-17)2-6-21-23(18)20(15-32-21)19-5-7-22(28)26-24(19)29/h2-4,6,14-15,19,30H,5,7-13H2,1H3,(H,26,28,29)/t19-/m1/s1. The molecule has 168 valence electrons. The number of amides is 2. The normalized spacial score (nSPS) is 21.8. The van der Waals surface area contributed by atoms with E-state index in [0.29, 0.717) is 19.4 Å². The van der Waals surface area contributed by atoms with E-state index >= 15 is 0 Å². The molecule has 1 atom stereocenters. The average Bonchev–Trinajstić information content (AvgIpc) is 3.19. The number of piperidine rings is 2. The SMILES string of the molecule is CC1(O)CCN(CCOc2ccc3c(ccc4occ([C@H]5CCC(=O)NC5=O)c43)c2)CC1. The molecule has 32 heavy (non-hydrogen) atoms. The van der Waals surface area contributed by atoms with Crippen LogP contribution in [-0.4, -0.2) is 53.7 Å². The number of nitrogens with one attached hydrogen (secondary N) is 1. The molecule has 0 radical (unpaired) electrons. The van der Waals surface area contributed by atoms with Crippen LogP contribution in [0.15, 0.2) is 41.0 Å². The summed E-state index contributed by atoms with van der Waals surface area (Å²) in [7, 11) is 0. The van der Waals surface area contributed by atoms with Crippen LogP contribution in [0.5, 0.6) is 5.75 Å². The smallest absolute Gasteiger partial charge is 0.234 e. The first-order valence-electron chi connectivity index (χ1n) is 11.2. The summed E-state index contributed by atoms with van der Waals surface area (Å²) < 4.78 is 11.8. The third-order valence-corrected chi connectivity index (χ3v) is 6.78. The molecule has 2 saturated heterocycles. The summed E-state index contributed by atoms with van der Waals surface area (Å²) in [5, 5.41) is 15.5. The van der Waals surface area contributed by atoms with Crippen molar-refractivity contribution >= 4 is 33.6 Å². The number of hydrogen-bond acceptors (Lipinski definition) is 6. The molecule has 7 nitrogen and oxygen atoms in total. The highest BCUT2D eigenvalue weighted by Gasteiger charge is 2.31. The Balaban J connectivity index is 1.33. The molecular formula is C25H28N2O5. The van der Waals surface area contributed by atoms with Gasteiger partial charge < -0.3 is 14.3 Å². The van der Waals surface area contributed by atoms with Crippen LogP contribution in [0.25, 0.3) is 21.7 Å². The van der Waals surface area contributed by atoms with E-state index in [9.17, 15) is 14.7 Å². The van der Waals surface area contributed by atoms with E-state index in [1.165, 1.54) is 0 Å². The van der Waals surface area contributed by atoms with Crippen LogP contribution < -0.4 is 10.1 Å². The van der Waals surface area contributed by atoms with Gasteiger partial charge in [-0.3, -0.25) is 19.8 Å². The molecule has 2 aliphatic heterocycles. The highest BCUT2D eigenvalue weighted by atomic mass is 16.5. The van der Waals surface area contributed by atoms with Gasteiger partial charge in [0.1, 0.15) is 17.9 Å². The van der Waals surface area contributed by atoms with E-state index in [1.807, 2.05) is 37.3 Å². The van der Waals surface area contributed by atoms with E-state index in [1.54, 1.807) is 6.26 Å². The zero-order valence-electron chi connectivity index (χ0n) is 18.2. The number of nitrogens with zero attached hydrogens (tertiary/aromatic N) is 1. The lowest BCUT2D eigenvalue weighted by Crippen LogP contribution is -2.43. The monoisotopic (exact) mass is 436 g/mol. The number of carbonyl (C=O) groups excluding carboxylic acids is 2. The summed E-state index contributed by atoms with van der Waals surface area (Å²) in [5.41, 5.74) is 1.01. The zero-order valence-corrected chi connectivity index (χ0v) is 18.2. The summed E-state index contributed by atoms with van der Waals surface area (Å²) in [4.78, 5) is 26.3. The Hall–Kier alpha value is -2.90. The van der Waals surface area contributed by atoms with E-state index < -0.39 is 5.60 Å². The first-order valence-corrected chi connectivity index (χ1v) is 11.2. The van der Waals surface area contributed by atoms with Crippen LogP contribution in [0.2, 0.25) is 0 Å². The van der Waals surface area contributed by atoms with Gasteiger partial charge >= 0.3 is 0 Å². The molecule has 0 spiro atoms. The van der Waals surface area contributed by atoms with Crippen molar-refractivity contribution in [1.29, 1.82) is 0 Å². The first kappa shape index (κ1) is 21.0. The molecular weight excluding hydrogens is 408 g/mol. The molecule has 2 N–H and O–H groups in total. The number of furan rings is 1. The van der Waals surface area contributed by atoms with E-state index in [-0.39, 0.29) is 17.7 Å². The van der Waals surface area contributed by atoms with Crippen molar-refractivity contribution in [3.8, 4) is 5.75 Å². The largest absolute Gasteiger partial charge is 0.492 e. The predicted octanol–water partition coefficient (Wildman–Crippen LogP) is 3.33. The van der Waals surface area contributed by atoms with Crippen molar-refractivity contribution in [3.63, 3.8) is 0 Å². The second-order valence-electron chi connectivity index (χ2n) is 9.20. The van der Waals surface area contributed by atoms with Crippen LogP contribution >= 0.6 is 0 Å². The fourth-order valence-corrected chi connectivity index (χ4v) is 4.76. The molecule has 0 unspecified atom stereocenters. The minimum absolute atomic E-state index is 0.222. The Morgan fingerprint density at radius 2 is 2.03 bits per heavy atom. The molecule has 2 amide bonds. The van der Waals surface area contributed by atoms with E-state index in [0.717, 1.165) is 65.5 Å². The minimum Gasteiger partial charge on any atom is -0.492 e. The van der Waals surface area contributed by atoms with Crippen LogP contribution in [0, 0.1) is 0 Å². The van der Waals surface area contributed by atoms with Crippen molar-refractivity contribution in [3.05, 3.63) is 42.2 Å².